The van der Waals surface area contributed by atoms with Crippen LogP contribution in [0.1, 0.15) is 13.3 Å². The molecule has 0 aliphatic heterocycles. The maximum Gasteiger partial charge on any atom is 0.292 e. The Hall–Kier alpha value is -0.186. The van der Waals surface area contributed by atoms with E-state index in [1.807, 2.05) is 26.6 Å². The van der Waals surface area contributed by atoms with E-state index < -0.39 is 26.7 Å². The summed E-state index contributed by atoms with van der Waals surface area (Å²) in [6, 6.07) is 0. The van der Waals surface area contributed by atoms with Gasteiger partial charge in [-0.1, -0.05) is 26.6 Å². The number of hydrogen-bond acceptors (Lipinski definition) is 3. The molecule has 0 atom stereocenters. The molecule has 8 heteroatoms. The molecule has 2 N–H and O–H groups in total. The van der Waals surface area contributed by atoms with Crippen LogP contribution >= 0.6 is 0 Å². The van der Waals surface area contributed by atoms with Gasteiger partial charge in [0, 0.05) is 6.42 Å². The molecule has 0 saturated carbocycles. The molecule has 0 aliphatic rings. The van der Waals surface area contributed by atoms with E-state index in [1.165, 1.54) is 3.97 Å². The number of rotatable bonds is 4. The fraction of sp³-hybridized carbons (Fsp3) is 0.889. The van der Waals surface area contributed by atoms with Crippen molar-refractivity contribution in [2.75, 3.05) is 0 Å². The molecular weight excluding hydrogens is 270 g/mol. The Kier molecular flexibility index (Phi) is 5.15. The van der Waals surface area contributed by atoms with Crippen LogP contribution in [0.15, 0.2) is 4.66 Å². The first-order valence-corrected chi connectivity index (χ1v) is 14.1. The van der Waals surface area contributed by atoms with Crippen molar-refractivity contribution in [1.82, 2.24) is 3.97 Å². The summed E-state index contributed by atoms with van der Waals surface area (Å²) in [4.78, 5) is 0. The minimum atomic E-state index is -3.72. The van der Waals surface area contributed by atoms with Gasteiger partial charge in [0.25, 0.3) is 10.2 Å². The molecule has 0 aromatic carbocycles. The Labute approximate surface area is 107 Å². The molecule has 0 rings (SSSR count). The summed E-state index contributed by atoms with van der Waals surface area (Å²) in [6.45, 7) is 14.0. The SMILES string of the molecule is CCC(=N[Si](C)(C)C)N([Si](C)(C)C)S(N)(=O)=O. The topological polar surface area (TPSA) is 75.8 Å². The molecule has 0 bridgehead atoms. The van der Waals surface area contributed by atoms with Crippen LogP contribution < -0.4 is 5.14 Å². The molecule has 102 valence electrons. The van der Waals surface area contributed by atoms with Gasteiger partial charge in [-0.05, 0) is 19.6 Å². The number of hydrogen-bond donors (Lipinski definition) is 1. The highest BCUT2D eigenvalue weighted by Gasteiger charge is 2.34. The predicted molar refractivity (Wildman–Crippen MR) is 79.4 cm³/mol. The summed E-state index contributed by atoms with van der Waals surface area (Å²) >= 11 is 0. The second kappa shape index (κ2) is 5.21. The van der Waals surface area contributed by atoms with Gasteiger partial charge in [-0.3, -0.25) is 3.97 Å². The van der Waals surface area contributed by atoms with Gasteiger partial charge in [0.05, 0.1) is 5.84 Å². The molecule has 17 heavy (non-hydrogen) atoms. The first-order chi connectivity index (χ1) is 7.29. The molecule has 5 nitrogen and oxygen atoms in total. The highest BCUT2D eigenvalue weighted by atomic mass is 32.2. The van der Waals surface area contributed by atoms with Crippen LogP contribution in [0.4, 0.5) is 0 Å². The van der Waals surface area contributed by atoms with E-state index in [2.05, 4.69) is 24.3 Å². The Morgan fingerprint density at radius 3 is 1.76 bits per heavy atom. The van der Waals surface area contributed by atoms with Crippen LogP contribution in [0.25, 0.3) is 0 Å². The normalized spacial score (nSPS) is 14.9. The van der Waals surface area contributed by atoms with Gasteiger partial charge < -0.3 is 4.66 Å². The Morgan fingerprint density at radius 1 is 1.18 bits per heavy atom. The molecule has 0 radical (unpaired) electrons. The third-order valence-electron chi connectivity index (χ3n) is 1.88. The third-order valence-corrected chi connectivity index (χ3v) is 7.41. The van der Waals surface area contributed by atoms with Crippen molar-refractivity contribution in [3.05, 3.63) is 0 Å². The van der Waals surface area contributed by atoms with E-state index in [4.69, 9.17) is 5.14 Å². The van der Waals surface area contributed by atoms with Crippen molar-refractivity contribution in [3.8, 4) is 0 Å². The average Bonchev–Trinajstić information content (AvgIpc) is 1.94. The lowest BCUT2D eigenvalue weighted by Gasteiger charge is -2.35. The number of amidine groups is 1. The van der Waals surface area contributed by atoms with Crippen LogP contribution in [-0.2, 0) is 10.2 Å². The molecule has 0 unspecified atom stereocenters. The zero-order chi connectivity index (χ0) is 14.1. The Bertz CT molecular complexity index is 393. The lowest BCUT2D eigenvalue weighted by molar-refractivity contribution is 0.571. The summed E-state index contributed by atoms with van der Waals surface area (Å²) in [7, 11) is -7.53. The molecule has 0 aromatic rings. The van der Waals surface area contributed by atoms with Crippen LogP contribution in [0, 0.1) is 0 Å². The Balaban J connectivity index is 5.71. The predicted octanol–water partition coefficient (Wildman–Crippen LogP) is 1.97. The third kappa shape index (κ3) is 5.80. The van der Waals surface area contributed by atoms with Crippen molar-refractivity contribution in [2.24, 2.45) is 9.80 Å². The Morgan fingerprint density at radius 2 is 1.59 bits per heavy atom. The fourth-order valence-electron chi connectivity index (χ4n) is 1.57. The average molecular weight is 296 g/mol. The smallest absolute Gasteiger partial charge is 0.292 e. The highest BCUT2D eigenvalue weighted by Crippen LogP contribution is 2.17. The second-order valence-electron chi connectivity index (χ2n) is 6.03. The van der Waals surface area contributed by atoms with Gasteiger partial charge in [0.15, 0.2) is 16.5 Å². The van der Waals surface area contributed by atoms with Crippen LogP contribution in [0.3, 0.4) is 0 Å². The lowest BCUT2D eigenvalue weighted by atomic mass is 10.5. The summed E-state index contributed by atoms with van der Waals surface area (Å²) in [6.07, 6.45) is 0.588. The first kappa shape index (κ1) is 16.8. The quantitative estimate of drug-likeness (QED) is 0.489. The van der Waals surface area contributed by atoms with Crippen LogP contribution in [-0.4, -0.2) is 34.7 Å². The minimum absolute atomic E-state index is 0.588. The zero-order valence-corrected chi connectivity index (χ0v) is 14.7. The fourth-order valence-corrected chi connectivity index (χ4v) is 7.28. The van der Waals surface area contributed by atoms with E-state index in [-0.39, 0.29) is 0 Å². The van der Waals surface area contributed by atoms with Crippen molar-refractivity contribution in [1.29, 1.82) is 0 Å². The first-order valence-electron chi connectivity index (χ1n) is 5.71. The zero-order valence-electron chi connectivity index (χ0n) is 11.9. The largest absolute Gasteiger partial charge is 0.311 e. The number of nitrogens with zero attached hydrogens (tertiary/aromatic N) is 2. The van der Waals surface area contributed by atoms with Gasteiger partial charge in [0.1, 0.15) is 0 Å². The van der Waals surface area contributed by atoms with Gasteiger partial charge in [-0.25, -0.2) is 5.14 Å². The molecule has 0 heterocycles. The summed E-state index contributed by atoms with van der Waals surface area (Å²) in [5, 5.41) is 5.33. The van der Waals surface area contributed by atoms with Crippen molar-refractivity contribution in [3.63, 3.8) is 0 Å². The number of nitrogens with two attached hydrogens (primary N) is 1. The van der Waals surface area contributed by atoms with E-state index in [1.54, 1.807) is 0 Å². The minimum Gasteiger partial charge on any atom is -0.311 e. The van der Waals surface area contributed by atoms with Crippen molar-refractivity contribution in [2.45, 2.75) is 52.6 Å². The monoisotopic (exact) mass is 295 g/mol. The van der Waals surface area contributed by atoms with E-state index >= 15 is 0 Å². The van der Waals surface area contributed by atoms with Crippen LogP contribution in [0.5, 0.6) is 0 Å². The standard InChI is InChI=1S/C9H25N3O2SSi2/c1-8-9(11-16(2,3)4)12(15(10,13)14)17(5,6)7/h8H2,1-7H3,(H2,10,13,14). The summed E-state index contributed by atoms with van der Waals surface area (Å²) in [5.74, 6) is 0.617. The van der Waals surface area contributed by atoms with Crippen molar-refractivity contribution >= 4 is 32.5 Å². The van der Waals surface area contributed by atoms with Gasteiger partial charge in [0.2, 0.25) is 0 Å². The van der Waals surface area contributed by atoms with Gasteiger partial charge >= 0.3 is 0 Å². The molecular formula is C9H25N3O2SSi2. The molecule has 0 fully saturated rings. The highest BCUT2D eigenvalue weighted by molar-refractivity contribution is 7.88. The lowest BCUT2D eigenvalue weighted by Crippen LogP contribution is -2.55. The van der Waals surface area contributed by atoms with Gasteiger partial charge in [-0.15, -0.1) is 0 Å². The van der Waals surface area contributed by atoms with E-state index in [9.17, 15) is 8.42 Å². The van der Waals surface area contributed by atoms with Crippen molar-refractivity contribution < 1.29 is 8.42 Å². The molecule has 0 amide bonds. The van der Waals surface area contributed by atoms with E-state index in [0.717, 1.165) is 0 Å². The molecule has 0 saturated heterocycles. The summed E-state index contributed by atoms with van der Waals surface area (Å²) in [5.41, 5.74) is 0. The maximum absolute atomic E-state index is 11.7. The maximum atomic E-state index is 11.7. The molecule has 0 spiro atoms. The summed E-state index contributed by atoms with van der Waals surface area (Å²) < 4.78 is 29.5. The molecule has 0 aliphatic carbocycles. The molecule has 0 aromatic heterocycles. The van der Waals surface area contributed by atoms with Gasteiger partial charge in [-0.2, -0.15) is 8.42 Å². The second-order valence-corrected chi connectivity index (χ2v) is 17.1. The van der Waals surface area contributed by atoms with E-state index in [0.29, 0.717) is 12.3 Å². The van der Waals surface area contributed by atoms with Crippen LogP contribution in [0.2, 0.25) is 39.3 Å².